The van der Waals surface area contributed by atoms with E-state index in [1.54, 1.807) is 5.48 Å². The summed E-state index contributed by atoms with van der Waals surface area (Å²) in [4.78, 5) is 27.3. The predicted molar refractivity (Wildman–Crippen MR) is 108 cm³/mol. The molecular formula is C22H31N3O4. The first-order valence-corrected chi connectivity index (χ1v) is 10.7. The van der Waals surface area contributed by atoms with Gasteiger partial charge in [0.05, 0.1) is 18.6 Å². The molecule has 2 saturated heterocycles. The van der Waals surface area contributed by atoms with E-state index >= 15 is 0 Å². The highest BCUT2D eigenvalue weighted by molar-refractivity contribution is 5.90. The van der Waals surface area contributed by atoms with Crippen molar-refractivity contribution in [3.8, 4) is 5.75 Å². The second-order valence-electron chi connectivity index (χ2n) is 8.75. The van der Waals surface area contributed by atoms with Gasteiger partial charge in [-0.15, -0.1) is 0 Å². The summed E-state index contributed by atoms with van der Waals surface area (Å²) in [7, 11) is 0. The third-order valence-electron chi connectivity index (χ3n) is 6.87. The van der Waals surface area contributed by atoms with Gasteiger partial charge >= 0.3 is 0 Å². The van der Waals surface area contributed by atoms with Crippen molar-refractivity contribution in [1.29, 1.82) is 0 Å². The van der Waals surface area contributed by atoms with Crippen LogP contribution in [0.5, 0.6) is 5.75 Å². The Morgan fingerprint density at radius 2 is 2.07 bits per heavy atom. The van der Waals surface area contributed by atoms with Crippen molar-refractivity contribution in [1.82, 2.24) is 15.7 Å². The highest BCUT2D eigenvalue weighted by Crippen LogP contribution is 2.52. The van der Waals surface area contributed by atoms with Gasteiger partial charge in [-0.05, 0) is 68.1 Å². The van der Waals surface area contributed by atoms with Crippen LogP contribution in [0.4, 0.5) is 0 Å². The Labute approximate surface area is 171 Å². The number of piperidine rings is 2. The summed E-state index contributed by atoms with van der Waals surface area (Å²) in [5.41, 5.74) is 3.17. The number of carbonyl (C=O) groups is 2. The highest BCUT2D eigenvalue weighted by Gasteiger charge is 2.52. The zero-order chi connectivity index (χ0) is 20.4. The molecule has 2 unspecified atom stereocenters. The largest absolute Gasteiger partial charge is 0.494 e. The molecule has 2 heterocycles. The molecule has 0 bridgehead atoms. The molecule has 7 heteroatoms. The van der Waals surface area contributed by atoms with Gasteiger partial charge in [-0.3, -0.25) is 14.8 Å². The van der Waals surface area contributed by atoms with Gasteiger partial charge in [-0.1, -0.05) is 12.1 Å². The van der Waals surface area contributed by atoms with Crippen LogP contribution in [0.15, 0.2) is 24.3 Å². The fourth-order valence-electron chi connectivity index (χ4n) is 4.92. The van der Waals surface area contributed by atoms with Crippen LogP contribution in [0.2, 0.25) is 0 Å². The number of benzene rings is 1. The van der Waals surface area contributed by atoms with Crippen LogP contribution in [0, 0.1) is 11.3 Å². The summed E-state index contributed by atoms with van der Waals surface area (Å²) in [6, 6.07) is 7.68. The summed E-state index contributed by atoms with van der Waals surface area (Å²) in [5.74, 6) is 0.316. The molecule has 3 N–H and O–H groups in total. The van der Waals surface area contributed by atoms with Gasteiger partial charge in [0, 0.05) is 19.6 Å². The number of nitrogens with zero attached hydrogens (tertiary/aromatic N) is 1. The lowest BCUT2D eigenvalue weighted by Gasteiger charge is -2.40. The normalized spacial score (nSPS) is 26.2. The van der Waals surface area contributed by atoms with Crippen LogP contribution >= 0.6 is 0 Å². The van der Waals surface area contributed by atoms with Crippen LogP contribution in [0.3, 0.4) is 0 Å². The second kappa shape index (κ2) is 8.32. The standard InChI is InChI=1S/C22H31N3O4/c1-2-29-17-5-3-4-16(12-17)15-6-10-25(11-7-15)21(27)19-18(20(26)24-28)13-22(8-9-22)14-23-19/h3-5,12,15,18-19,23,28H,2,6-11,13-14H2,1H3,(H,24,26). The molecule has 7 nitrogen and oxygen atoms in total. The predicted octanol–water partition coefficient (Wildman–Crippen LogP) is 2.05. The molecule has 3 aliphatic rings. The van der Waals surface area contributed by atoms with E-state index < -0.39 is 17.9 Å². The minimum absolute atomic E-state index is 0.0179. The molecule has 1 saturated carbocycles. The quantitative estimate of drug-likeness (QED) is 0.519. The summed E-state index contributed by atoms with van der Waals surface area (Å²) < 4.78 is 5.61. The van der Waals surface area contributed by atoms with Crippen molar-refractivity contribution >= 4 is 11.8 Å². The van der Waals surface area contributed by atoms with E-state index in [0.717, 1.165) is 38.0 Å². The molecule has 29 heavy (non-hydrogen) atoms. The van der Waals surface area contributed by atoms with Crippen LogP contribution in [0.25, 0.3) is 0 Å². The second-order valence-corrected chi connectivity index (χ2v) is 8.75. The Balaban J connectivity index is 1.38. The fraction of sp³-hybridized carbons (Fsp3) is 0.636. The highest BCUT2D eigenvalue weighted by atomic mass is 16.5. The van der Waals surface area contributed by atoms with E-state index in [1.165, 1.54) is 5.56 Å². The summed E-state index contributed by atoms with van der Waals surface area (Å²) in [6.07, 6.45) is 4.64. The summed E-state index contributed by atoms with van der Waals surface area (Å²) in [5, 5.41) is 12.5. The van der Waals surface area contributed by atoms with Gasteiger partial charge in [0.1, 0.15) is 5.75 Å². The Morgan fingerprint density at radius 1 is 1.31 bits per heavy atom. The maximum Gasteiger partial charge on any atom is 0.248 e. The van der Waals surface area contributed by atoms with Gasteiger partial charge in [0.2, 0.25) is 11.8 Å². The number of likely N-dealkylation sites (tertiary alicyclic amines) is 1. The molecule has 1 spiro atoms. The molecule has 3 fully saturated rings. The number of nitrogens with one attached hydrogen (secondary N) is 2. The van der Waals surface area contributed by atoms with E-state index in [2.05, 4.69) is 17.4 Å². The third-order valence-corrected chi connectivity index (χ3v) is 6.87. The van der Waals surface area contributed by atoms with Crippen LogP contribution < -0.4 is 15.5 Å². The molecule has 1 aromatic carbocycles. The van der Waals surface area contributed by atoms with E-state index in [1.807, 2.05) is 24.0 Å². The van der Waals surface area contributed by atoms with Gasteiger partial charge in [-0.25, -0.2) is 5.48 Å². The average Bonchev–Trinajstić information content (AvgIpc) is 3.52. The zero-order valence-corrected chi connectivity index (χ0v) is 17.0. The van der Waals surface area contributed by atoms with E-state index in [9.17, 15) is 9.59 Å². The van der Waals surface area contributed by atoms with E-state index in [0.29, 0.717) is 32.0 Å². The Morgan fingerprint density at radius 3 is 2.72 bits per heavy atom. The molecule has 1 aliphatic carbocycles. The number of hydroxylamine groups is 1. The molecule has 0 aromatic heterocycles. The number of ether oxygens (including phenoxy) is 1. The molecule has 2 aliphatic heterocycles. The summed E-state index contributed by atoms with van der Waals surface area (Å²) >= 11 is 0. The Hall–Kier alpha value is -2.12. The number of amides is 2. The average molecular weight is 402 g/mol. The topological polar surface area (TPSA) is 90.9 Å². The molecule has 2 atom stereocenters. The van der Waals surface area contributed by atoms with Crippen molar-refractivity contribution in [2.24, 2.45) is 11.3 Å². The van der Waals surface area contributed by atoms with Crippen molar-refractivity contribution in [2.75, 3.05) is 26.2 Å². The molecule has 2 amide bonds. The van der Waals surface area contributed by atoms with Crippen LogP contribution in [-0.4, -0.2) is 54.2 Å². The Kier molecular flexibility index (Phi) is 5.79. The van der Waals surface area contributed by atoms with Gasteiger partial charge < -0.3 is 15.0 Å². The van der Waals surface area contributed by atoms with Crippen molar-refractivity contribution in [2.45, 2.75) is 51.0 Å². The minimum atomic E-state index is -0.550. The Bertz CT molecular complexity index is 756. The molecule has 158 valence electrons. The molecular weight excluding hydrogens is 370 g/mol. The van der Waals surface area contributed by atoms with Crippen molar-refractivity contribution in [3.05, 3.63) is 29.8 Å². The van der Waals surface area contributed by atoms with Crippen LogP contribution in [0.1, 0.15) is 50.5 Å². The van der Waals surface area contributed by atoms with E-state index in [4.69, 9.17) is 9.94 Å². The van der Waals surface area contributed by atoms with Crippen LogP contribution in [-0.2, 0) is 9.59 Å². The molecule has 0 radical (unpaired) electrons. The van der Waals surface area contributed by atoms with E-state index in [-0.39, 0.29) is 11.3 Å². The van der Waals surface area contributed by atoms with Crippen molar-refractivity contribution < 1.29 is 19.5 Å². The maximum atomic E-state index is 13.2. The molecule has 1 aromatic rings. The fourth-order valence-corrected chi connectivity index (χ4v) is 4.92. The smallest absolute Gasteiger partial charge is 0.248 e. The lowest BCUT2D eigenvalue weighted by atomic mass is 9.81. The number of hydrogen-bond acceptors (Lipinski definition) is 5. The van der Waals surface area contributed by atoms with Crippen molar-refractivity contribution in [3.63, 3.8) is 0 Å². The summed E-state index contributed by atoms with van der Waals surface area (Å²) in [6.45, 7) is 4.76. The number of carbonyl (C=O) groups excluding carboxylic acids is 2. The first-order chi connectivity index (χ1) is 14.0. The monoisotopic (exact) mass is 401 g/mol. The van der Waals surface area contributed by atoms with Gasteiger partial charge in [0.15, 0.2) is 0 Å². The van der Waals surface area contributed by atoms with Gasteiger partial charge in [0.25, 0.3) is 0 Å². The number of rotatable bonds is 5. The minimum Gasteiger partial charge on any atom is -0.494 e. The SMILES string of the molecule is CCOc1cccc(C2CCN(C(=O)C3NCC4(CC4)CC3C(=O)NO)CC2)c1. The number of hydrogen-bond donors (Lipinski definition) is 3. The molecule has 4 rings (SSSR count). The lowest BCUT2D eigenvalue weighted by Crippen LogP contribution is -2.59. The first-order valence-electron chi connectivity index (χ1n) is 10.7. The maximum absolute atomic E-state index is 13.2. The first kappa shape index (κ1) is 20.2. The van der Waals surface area contributed by atoms with Gasteiger partial charge in [-0.2, -0.15) is 0 Å². The third kappa shape index (κ3) is 4.26. The lowest BCUT2D eigenvalue weighted by molar-refractivity contribution is -0.145. The zero-order valence-electron chi connectivity index (χ0n) is 17.0.